The van der Waals surface area contributed by atoms with E-state index in [0.29, 0.717) is 5.02 Å². The monoisotopic (exact) mass is 345 g/mol. The van der Waals surface area contributed by atoms with Crippen LogP contribution in [0.4, 0.5) is 14.5 Å². The molecule has 5 heteroatoms. The van der Waals surface area contributed by atoms with Gasteiger partial charge in [0, 0.05) is 22.8 Å². The quantitative estimate of drug-likeness (QED) is 0.744. The molecule has 1 nitrogen and oxygen atoms in total. The second kappa shape index (κ2) is 5.88. The van der Waals surface area contributed by atoms with Crippen LogP contribution in [0.25, 0.3) is 0 Å². The van der Waals surface area contributed by atoms with E-state index < -0.39 is 11.6 Å². The highest BCUT2D eigenvalue weighted by Gasteiger charge is 2.12. The Balaban J connectivity index is 2.24. The van der Waals surface area contributed by atoms with E-state index in [1.54, 1.807) is 12.1 Å². The first-order valence-corrected chi connectivity index (χ1v) is 6.78. The van der Waals surface area contributed by atoms with Crippen LogP contribution in [0.5, 0.6) is 0 Å². The van der Waals surface area contributed by atoms with Crippen molar-refractivity contribution in [2.75, 3.05) is 5.32 Å². The molecular weight excluding hydrogens is 336 g/mol. The minimum absolute atomic E-state index is 0.00579. The highest BCUT2D eigenvalue weighted by Crippen LogP contribution is 2.24. The third-order valence-electron chi connectivity index (χ3n) is 2.79. The van der Waals surface area contributed by atoms with E-state index in [4.69, 9.17) is 11.6 Å². The van der Waals surface area contributed by atoms with Crippen LogP contribution in [0, 0.1) is 18.6 Å². The molecule has 0 atom stereocenters. The third kappa shape index (κ3) is 3.25. The molecule has 0 unspecified atom stereocenters. The molecule has 1 N–H and O–H groups in total. The lowest BCUT2D eigenvalue weighted by molar-refractivity contribution is 0.555. The van der Waals surface area contributed by atoms with E-state index in [9.17, 15) is 8.78 Å². The van der Waals surface area contributed by atoms with Gasteiger partial charge in [-0.15, -0.1) is 0 Å². The van der Waals surface area contributed by atoms with Crippen LogP contribution in [-0.4, -0.2) is 0 Å². The van der Waals surface area contributed by atoms with Gasteiger partial charge >= 0.3 is 0 Å². The fourth-order valence-corrected chi connectivity index (χ4v) is 2.24. The van der Waals surface area contributed by atoms with Crippen LogP contribution < -0.4 is 5.32 Å². The summed E-state index contributed by atoms with van der Waals surface area (Å²) in [5.41, 5.74) is 1.71. The largest absolute Gasteiger partial charge is 0.380 e. The lowest BCUT2D eigenvalue weighted by atomic mass is 10.1. The van der Waals surface area contributed by atoms with Gasteiger partial charge in [0.15, 0.2) is 0 Å². The summed E-state index contributed by atoms with van der Waals surface area (Å²) < 4.78 is 27.6. The topological polar surface area (TPSA) is 12.0 Å². The van der Waals surface area contributed by atoms with E-state index in [-0.39, 0.29) is 16.6 Å². The average Bonchev–Trinajstić information content (AvgIpc) is 2.38. The van der Waals surface area contributed by atoms with Crippen LogP contribution in [0.15, 0.2) is 34.8 Å². The van der Waals surface area contributed by atoms with E-state index in [2.05, 4.69) is 21.2 Å². The molecule has 19 heavy (non-hydrogen) atoms. The summed E-state index contributed by atoms with van der Waals surface area (Å²) in [6.45, 7) is 1.95. The maximum atomic E-state index is 13.8. The molecule has 0 saturated heterocycles. The number of aryl methyl sites for hydroxylation is 1. The predicted octanol–water partition coefficient (Wildman–Crippen LogP) is 5.30. The van der Waals surface area contributed by atoms with Crippen molar-refractivity contribution < 1.29 is 8.78 Å². The number of benzene rings is 2. The minimum atomic E-state index is -0.591. The van der Waals surface area contributed by atoms with E-state index in [1.165, 1.54) is 12.1 Å². The molecule has 0 aromatic heterocycles. The lowest BCUT2D eigenvalue weighted by Crippen LogP contribution is -2.06. The minimum Gasteiger partial charge on any atom is -0.380 e. The molecule has 0 radical (unpaired) electrons. The molecule has 2 aromatic carbocycles. The van der Waals surface area contributed by atoms with Crippen LogP contribution in [0.2, 0.25) is 5.02 Å². The van der Waals surface area contributed by atoms with E-state index in [1.807, 2.05) is 13.0 Å². The predicted molar refractivity (Wildman–Crippen MR) is 77.6 cm³/mol. The molecule has 0 bridgehead atoms. The van der Waals surface area contributed by atoms with Gasteiger partial charge in [-0.3, -0.25) is 0 Å². The molecule has 2 rings (SSSR count). The molecule has 100 valence electrons. The van der Waals surface area contributed by atoms with Gasteiger partial charge in [0.1, 0.15) is 11.6 Å². The van der Waals surface area contributed by atoms with Crippen molar-refractivity contribution in [1.29, 1.82) is 0 Å². The zero-order valence-electron chi connectivity index (χ0n) is 10.1. The molecule has 0 aliphatic rings. The fourth-order valence-electron chi connectivity index (χ4n) is 1.70. The van der Waals surface area contributed by atoms with Gasteiger partial charge in [-0.2, -0.15) is 0 Å². The molecule has 0 spiro atoms. The second-order valence-electron chi connectivity index (χ2n) is 4.13. The fraction of sp³-hybridized carbons (Fsp3) is 0.143. The summed E-state index contributed by atoms with van der Waals surface area (Å²) in [7, 11) is 0. The zero-order valence-corrected chi connectivity index (χ0v) is 12.4. The standard InChI is InChI=1S/C14H11BrClF2N/c1-8-2-3-9(16)6-13(8)19-7-10-12(17)5-4-11(15)14(10)18/h2-6,19H,7H2,1H3. The smallest absolute Gasteiger partial charge is 0.145 e. The van der Waals surface area contributed by atoms with Crippen molar-refractivity contribution in [2.45, 2.75) is 13.5 Å². The van der Waals surface area contributed by atoms with E-state index in [0.717, 1.165) is 11.3 Å². The summed E-state index contributed by atoms with van der Waals surface area (Å²) in [4.78, 5) is 0. The Morgan fingerprint density at radius 2 is 1.95 bits per heavy atom. The van der Waals surface area contributed by atoms with Gasteiger partial charge in [0.25, 0.3) is 0 Å². The Morgan fingerprint density at radius 3 is 2.68 bits per heavy atom. The van der Waals surface area contributed by atoms with Crippen LogP contribution in [-0.2, 0) is 6.54 Å². The molecule has 0 aliphatic carbocycles. The maximum absolute atomic E-state index is 13.8. The van der Waals surface area contributed by atoms with Crippen molar-refractivity contribution in [3.05, 3.63) is 62.6 Å². The molecule has 0 aliphatic heterocycles. The highest BCUT2D eigenvalue weighted by atomic mass is 79.9. The SMILES string of the molecule is Cc1ccc(Cl)cc1NCc1c(F)ccc(Br)c1F. The van der Waals surface area contributed by atoms with Gasteiger partial charge in [0.2, 0.25) is 0 Å². The Bertz CT molecular complexity index is 617. The molecule has 0 fully saturated rings. The Hall–Kier alpha value is -1.13. The van der Waals surface area contributed by atoms with Crippen LogP contribution >= 0.6 is 27.5 Å². The Morgan fingerprint density at radius 1 is 1.21 bits per heavy atom. The number of rotatable bonds is 3. The van der Waals surface area contributed by atoms with Gasteiger partial charge in [0.05, 0.1) is 4.47 Å². The number of hydrogen-bond donors (Lipinski definition) is 1. The summed E-state index contributed by atoms with van der Waals surface area (Å²) in [5, 5.41) is 3.57. The summed E-state index contributed by atoms with van der Waals surface area (Å²) in [5.74, 6) is -1.17. The van der Waals surface area contributed by atoms with Gasteiger partial charge in [-0.25, -0.2) is 8.78 Å². The summed E-state index contributed by atoms with van der Waals surface area (Å²) in [6, 6.07) is 7.92. The lowest BCUT2D eigenvalue weighted by Gasteiger charge is -2.12. The molecule has 0 heterocycles. The van der Waals surface area contributed by atoms with E-state index >= 15 is 0 Å². The van der Waals surface area contributed by atoms with Crippen molar-refractivity contribution >= 4 is 33.2 Å². The number of anilines is 1. The van der Waals surface area contributed by atoms with Gasteiger partial charge in [-0.05, 0) is 52.7 Å². The van der Waals surface area contributed by atoms with Crippen LogP contribution in [0.1, 0.15) is 11.1 Å². The second-order valence-corrected chi connectivity index (χ2v) is 5.43. The molecular formula is C14H11BrClF2N. The van der Waals surface area contributed by atoms with Crippen molar-refractivity contribution in [1.82, 2.24) is 0 Å². The Labute approximate surface area is 123 Å². The first-order valence-electron chi connectivity index (χ1n) is 5.61. The normalized spacial score (nSPS) is 10.6. The van der Waals surface area contributed by atoms with Gasteiger partial charge < -0.3 is 5.32 Å². The third-order valence-corrected chi connectivity index (χ3v) is 3.64. The highest BCUT2D eigenvalue weighted by molar-refractivity contribution is 9.10. The zero-order chi connectivity index (χ0) is 14.0. The summed E-state index contributed by atoms with van der Waals surface area (Å²) >= 11 is 8.93. The van der Waals surface area contributed by atoms with Crippen LogP contribution in [0.3, 0.4) is 0 Å². The van der Waals surface area contributed by atoms with Crippen molar-refractivity contribution in [3.8, 4) is 0 Å². The van der Waals surface area contributed by atoms with Gasteiger partial charge in [-0.1, -0.05) is 17.7 Å². The summed E-state index contributed by atoms with van der Waals surface area (Å²) in [6.07, 6.45) is 0. The first kappa shape index (κ1) is 14.3. The first-order chi connectivity index (χ1) is 8.99. The Kier molecular flexibility index (Phi) is 4.42. The average molecular weight is 347 g/mol. The molecule has 0 amide bonds. The molecule has 0 saturated carbocycles. The van der Waals surface area contributed by atoms with Crippen molar-refractivity contribution in [3.63, 3.8) is 0 Å². The maximum Gasteiger partial charge on any atom is 0.145 e. The number of hydrogen-bond acceptors (Lipinski definition) is 1. The van der Waals surface area contributed by atoms with Crippen molar-refractivity contribution in [2.24, 2.45) is 0 Å². The number of halogens is 4. The molecule has 2 aromatic rings. The number of nitrogens with one attached hydrogen (secondary N) is 1.